The van der Waals surface area contributed by atoms with Crippen LogP contribution >= 0.6 is 11.3 Å². The van der Waals surface area contributed by atoms with Crippen LogP contribution in [0.25, 0.3) is 10.1 Å². The third kappa shape index (κ3) is 2.47. The van der Waals surface area contributed by atoms with Gasteiger partial charge in [0.2, 0.25) is 0 Å². The number of aromatic nitrogens is 2. The Kier molecular flexibility index (Phi) is 3.34. The molecule has 0 aliphatic rings. The fraction of sp³-hybridized carbons (Fsp3) is 0.143. The van der Waals surface area contributed by atoms with Crippen LogP contribution in [0.1, 0.15) is 15.2 Å². The zero-order chi connectivity index (χ0) is 15.0. The van der Waals surface area contributed by atoms with Gasteiger partial charge >= 0.3 is 5.97 Å². The van der Waals surface area contributed by atoms with E-state index in [0.717, 1.165) is 17.0 Å². The van der Waals surface area contributed by atoms with E-state index in [0.29, 0.717) is 15.6 Å². The Balaban J connectivity index is 2.02. The van der Waals surface area contributed by atoms with Crippen LogP contribution in [-0.2, 0) is 13.6 Å². The summed E-state index contributed by atoms with van der Waals surface area (Å²) in [5.74, 6) is -1.45. The van der Waals surface area contributed by atoms with Gasteiger partial charge in [-0.15, -0.1) is 11.3 Å². The molecule has 0 saturated carbocycles. The maximum atomic E-state index is 14.0. The van der Waals surface area contributed by atoms with Gasteiger partial charge in [-0.3, -0.25) is 4.68 Å². The first-order valence-corrected chi connectivity index (χ1v) is 7.03. The number of rotatable bonds is 4. The Labute approximate surface area is 123 Å². The number of fused-ring (bicyclic) bond motifs is 1. The lowest BCUT2D eigenvalue weighted by Gasteiger charge is -2.05. The minimum absolute atomic E-state index is 0.159. The molecule has 0 unspecified atom stereocenters. The number of carboxylic acids is 1. The highest BCUT2D eigenvalue weighted by Crippen LogP contribution is 2.33. The van der Waals surface area contributed by atoms with E-state index < -0.39 is 11.8 Å². The number of nitrogens with one attached hydrogen (secondary N) is 1. The summed E-state index contributed by atoms with van der Waals surface area (Å²) >= 11 is 1.09. The second kappa shape index (κ2) is 5.17. The van der Waals surface area contributed by atoms with Crippen molar-refractivity contribution in [1.82, 2.24) is 9.78 Å². The van der Waals surface area contributed by atoms with E-state index in [1.54, 1.807) is 36.3 Å². The largest absolute Gasteiger partial charge is 0.477 e. The van der Waals surface area contributed by atoms with Crippen LogP contribution in [0.2, 0.25) is 0 Å². The highest BCUT2D eigenvalue weighted by molar-refractivity contribution is 7.21. The first-order chi connectivity index (χ1) is 10.1. The molecule has 7 heteroatoms. The number of anilines is 1. The van der Waals surface area contributed by atoms with Crippen molar-refractivity contribution >= 4 is 33.1 Å². The summed E-state index contributed by atoms with van der Waals surface area (Å²) in [6.07, 6.45) is 3.40. The molecule has 2 heterocycles. The molecule has 0 amide bonds. The van der Waals surface area contributed by atoms with Gasteiger partial charge < -0.3 is 10.4 Å². The lowest BCUT2D eigenvalue weighted by Crippen LogP contribution is -2.04. The van der Waals surface area contributed by atoms with Gasteiger partial charge in [-0.2, -0.15) is 5.10 Å². The molecule has 3 aromatic rings. The molecule has 0 saturated heterocycles. The van der Waals surface area contributed by atoms with Crippen molar-refractivity contribution in [2.75, 3.05) is 5.32 Å². The van der Waals surface area contributed by atoms with Crippen molar-refractivity contribution in [2.24, 2.45) is 7.05 Å². The highest BCUT2D eigenvalue weighted by Gasteiger charge is 2.20. The Morgan fingerprint density at radius 2 is 2.33 bits per heavy atom. The van der Waals surface area contributed by atoms with E-state index >= 15 is 0 Å². The molecule has 21 heavy (non-hydrogen) atoms. The van der Waals surface area contributed by atoms with Crippen LogP contribution in [0.15, 0.2) is 30.6 Å². The van der Waals surface area contributed by atoms with Gasteiger partial charge in [-0.05, 0) is 12.1 Å². The van der Waals surface area contributed by atoms with Gasteiger partial charge in [0.1, 0.15) is 10.7 Å². The van der Waals surface area contributed by atoms with E-state index in [2.05, 4.69) is 10.4 Å². The molecule has 0 spiro atoms. The van der Waals surface area contributed by atoms with Crippen molar-refractivity contribution in [3.63, 3.8) is 0 Å². The summed E-state index contributed by atoms with van der Waals surface area (Å²) < 4.78 is 16.3. The maximum Gasteiger partial charge on any atom is 0.346 e. The number of carboxylic acid groups (broad SMARTS) is 1. The van der Waals surface area contributed by atoms with Gasteiger partial charge in [0.25, 0.3) is 0 Å². The van der Waals surface area contributed by atoms with Crippen molar-refractivity contribution in [2.45, 2.75) is 6.54 Å². The summed E-state index contributed by atoms with van der Waals surface area (Å²) in [6, 6.07) is 4.65. The lowest BCUT2D eigenvalue weighted by molar-refractivity contribution is 0.0701. The molecular formula is C14H12FN3O2S. The van der Waals surface area contributed by atoms with Gasteiger partial charge in [-0.1, -0.05) is 6.07 Å². The highest BCUT2D eigenvalue weighted by atomic mass is 32.1. The number of halogens is 1. The second-order valence-electron chi connectivity index (χ2n) is 4.58. The van der Waals surface area contributed by atoms with Crippen LogP contribution in [0, 0.1) is 5.82 Å². The number of thiophene rings is 1. The average Bonchev–Trinajstić information content (AvgIpc) is 3.01. The Bertz CT molecular complexity index is 825. The minimum Gasteiger partial charge on any atom is -0.477 e. The average molecular weight is 305 g/mol. The standard InChI is InChI=1S/C14H12FN3O2S/c1-18-7-8(5-17-18)16-6-9-12-10(15)3-2-4-11(12)21-13(9)14(19)20/h2-5,7,16H,6H2,1H3,(H,19,20). The summed E-state index contributed by atoms with van der Waals surface area (Å²) in [6.45, 7) is 0.230. The van der Waals surface area contributed by atoms with Gasteiger partial charge in [0.05, 0.1) is 11.9 Å². The normalized spacial score (nSPS) is 11.0. The SMILES string of the molecule is Cn1cc(NCc2c(C(=O)O)sc3cccc(F)c23)cn1. The van der Waals surface area contributed by atoms with Crippen LogP contribution in [0.4, 0.5) is 10.1 Å². The summed E-state index contributed by atoms with van der Waals surface area (Å²) in [7, 11) is 1.79. The molecule has 5 nitrogen and oxygen atoms in total. The number of nitrogens with zero attached hydrogens (tertiary/aromatic N) is 2. The summed E-state index contributed by atoms with van der Waals surface area (Å²) in [4.78, 5) is 11.5. The number of carbonyl (C=O) groups is 1. The van der Waals surface area contributed by atoms with Gasteiger partial charge in [0.15, 0.2) is 0 Å². The molecule has 0 aliphatic heterocycles. The predicted molar refractivity (Wildman–Crippen MR) is 79.3 cm³/mol. The molecule has 0 radical (unpaired) electrons. The third-order valence-electron chi connectivity index (χ3n) is 3.13. The van der Waals surface area contributed by atoms with Crippen molar-refractivity contribution in [1.29, 1.82) is 0 Å². The third-order valence-corrected chi connectivity index (χ3v) is 4.32. The van der Waals surface area contributed by atoms with Crippen LogP contribution in [0.3, 0.4) is 0 Å². The van der Waals surface area contributed by atoms with Crippen LogP contribution < -0.4 is 5.32 Å². The topological polar surface area (TPSA) is 67.2 Å². The van der Waals surface area contributed by atoms with Crippen LogP contribution in [-0.4, -0.2) is 20.9 Å². The van der Waals surface area contributed by atoms with Gasteiger partial charge in [0, 0.05) is 35.4 Å². The second-order valence-corrected chi connectivity index (χ2v) is 5.64. The van der Waals surface area contributed by atoms with E-state index in [9.17, 15) is 14.3 Å². The first kappa shape index (κ1) is 13.6. The number of hydrogen-bond donors (Lipinski definition) is 2. The van der Waals surface area contributed by atoms with E-state index in [1.807, 2.05) is 0 Å². The zero-order valence-electron chi connectivity index (χ0n) is 11.1. The maximum absolute atomic E-state index is 14.0. The fourth-order valence-corrected chi connectivity index (χ4v) is 3.29. The Morgan fingerprint density at radius 1 is 1.52 bits per heavy atom. The van der Waals surface area contributed by atoms with Gasteiger partial charge in [-0.25, -0.2) is 9.18 Å². The number of aromatic carboxylic acids is 1. The van der Waals surface area contributed by atoms with Crippen molar-refractivity contribution < 1.29 is 14.3 Å². The van der Waals surface area contributed by atoms with Crippen molar-refractivity contribution in [3.8, 4) is 0 Å². The monoisotopic (exact) mass is 305 g/mol. The summed E-state index contributed by atoms with van der Waals surface area (Å²) in [5, 5.41) is 16.8. The molecule has 0 atom stereocenters. The molecule has 108 valence electrons. The molecule has 2 N–H and O–H groups in total. The van der Waals surface area contributed by atoms with Crippen LogP contribution in [0.5, 0.6) is 0 Å². The molecule has 0 bridgehead atoms. The number of benzene rings is 1. The number of hydrogen-bond acceptors (Lipinski definition) is 4. The number of aryl methyl sites for hydroxylation is 1. The smallest absolute Gasteiger partial charge is 0.346 e. The Hall–Kier alpha value is -2.41. The molecule has 0 aliphatic carbocycles. The zero-order valence-corrected chi connectivity index (χ0v) is 11.9. The predicted octanol–water partition coefficient (Wildman–Crippen LogP) is 3.08. The van der Waals surface area contributed by atoms with E-state index in [4.69, 9.17) is 0 Å². The molecule has 0 fully saturated rings. The van der Waals surface area contributed by atoms with E-state index in [-0.39, 0.29) is 11.4 Å². The first-order valence-electron chi connectivity index (χ1n) is 6.22. The molecule has 1 aromatic carbocycles. The summed E-state index contributed by atoms with van der Waals surface area (Å²) in [5.41, 5.74) is 1.22. The molecule has 3 rings (SSSR count). The van der Waals surface area contributed by atoms with Crippen molar-refractivity contribution in [3.05, 3.63) is 46.9 Å². The molecule has 2 aromatic heterocycles. The quantitative estimate of drug-likeness (QED) is 0.777. The minimum atomic E-state index is -1.04. The Morgan fingerprint density at radius 3 is 3.00 bits per heavy atom. The molecular weight excluding hydrogens is 293 g/mol. The fourth-order valence-electron chi connectivity index (χ4n) is 2.21. The van der Waals surface area contributed by atoms with E-state index in [1.165, 1.54) is 6.07 Å². The lowest BCUT2D eigenvalue weighted by atomic mass is 10.1.